The second kappa shape index (κ2) is 6.22. The number of rotatable bonds is 3. The van der Waals surface area contributed by atoms with Crippen molar-refractivity contribution in [3.63, 3.8) is 0 Å². The Labute approximate surface area is 122 Å². The van der Waals surface area contributed by atoms with Crippen LogP contribution in [0.25, 0.3) is 0 Å². The average Bonchev–Trinajstić information content (AvgIpc) is 2.37. The highest BCUT2D eigenvalue weighted by atomic mass is 79.9. The first kappa shape index (κ1) is 14.8. The van der Waals surface area contributed by atoms with Gasteiger partial charge in [-0.2, -0.15) is 0 Å². The van der Waals surface area contributed by atoms with E-state index in [2.05, 4.69) is 20.8 Å². The monoisotopic (exact) mass is 329 g/mol. The molecule has 4 nitrogen and oxygen atoms in total. The van der Waals surface area contributed by atoms with Crippen molar-refractivity contribution in [2.24, 2.45) is 0 Å². The van der Waals surface area contributed by atoms with E-state index >= 15 is 0 Å². The maximum Gasteiger partial charge on any atom is 0.0984 e. The molecule has 1 aromatic rings. The molecule has 19 heavy (non-hydrogen) atoms. The lowest BCUT2D eigenvalue weighted by Crippen LogP contribution is -2.48. The first-order valence-electron chi connectivity index (χ1n) is 6.50. The molecule has 3 atom stereocenters. The molecular weight excluding hydrogens is 310 g/mol. The number of aliphatic hydroxyl groups excluding tert-OH is 2. The van der Waals surface area contributed by atoms with Crippen LogP contribution in [0.15, 0.2) is 22.7 Å². The van der Waals surface area contributed by atoms with Crippen molar-refractivity contribution in [1.29, 1.82) is 0 Å². The summed E-state index contributed by atoms with van der Waals surface area (Å²) in [5, 5.41) is 19.2. The van der Waals surface area contributed by atoms with E-state index in [1.807, 2.05) is 25.1 Å². The molecule has 1 heterocycles. The molecule has 0 bridgehead atoms. The van der Waals surface area contributed by atoms with Crippen LogP contribution >= 0.6 is 15.9 Å². The maximum atomic E-state index is 9.92. The van der Waals surface area contributed by atoms with Crippen molar-refractivity contribution < 1.29 is 14.9 Å². The second-order valence-corrected chi connectivity index (χ2v) is 5.95. The molecule has 0 aromatic heterocycles. The number of benzene rings is 1. The third-order valence-corrected chi connectivity index (χ3v) is 3.80. The smallest absolute Gasteiger partial charge is 0.0984 e. The van der Waals surface area contributed by atoms with Crippen LogP contribution in [0.3, 0.4) is 0 Å². The highest BCUT2D eigenvalue weighted by Gasteiger charge is 2.26. The van der Waals surface area contributed by atoms with E-state index < -0.39 is 6.10 Å². The minimum atomic E-state index is -0.529. The summed E-state index contributed by atoms with van der Waals surface area (Å²) in [6.45, 7) is 5.18. The summed E-state index contributed by atoms with van der Waals surface area (Å²) in [5.74, 6) is 0. The molecule has 0 saturated carbocycles. The molecular formula is C14H20BrNO3. The Bertz CT molecular complexity index is 439. The van der Waals surface area contributed by atoms with Crippen molar-refractivity contribution in [1.82, 2.24) is 0 Å². The largest absolute Gasteiger partial charge is 0.394 e. The van der Waals surface area contributed by atoms with E-state index in [1.165, 1.54) is 0 Å². The van der Waals surface area contributed by atoms with E-state index in [1.54, 1.807) is 6.92 Å². The zero-order chi connectivity index (χ0) is 14.0. The minimum absolute atomic E-state index is 0.0153. The van der Waals surface area contributed by atoms with E-state index in [-0.39, 0.29) is 18.8 Å². The van der Waals surface area contributed by atoms with Gasteiger partial charge in [0, 0.05) is 28.8 Å². The number of hydrogen-bond donors (Lipinski definition) is 2. The van der Waals surface area contributed by atoms with Gasteiger partial charge in [-0.15, -0.1) is 0 Å². The summed E-state index contributed by atoms with van der Waals surface area (Å²) >= 11 is 3.43. The summed E-state index contributed by atoms with van der Waals surface area (Å²) < 4.78 is 6.60. The summed E-state index contributed by atoms with van der Waals surface area (Å²) in [6.07, 6.45) is -0.635. The van der Waals surface area contributed by atoms with Gasteiger partial charge in [-0.05, 0) is 32.0 Å². The molecule has 106 valence electrons. The zero-order valence-electron chi connectivity index (χ0n) is 11.2. The molecule has 1 aliphatic heterocycles. The molecule has 5 heteroatoms. The van der Waals surface area contributed by atoms with Gasteiger partial charge in [0.25, 0.3) is 0 Å². The maximum absolute atomic E-state index is 9.92. The molecule has 0 radical (unpaired) electrons. The van der Waals surface area contributed by atoms with Crippen LogP contribution in [-0.2, 0) is 4.74 Å². The Morgan fingerprint density at radius 2 is 2.21 bits per heavy atom. The lowest BCUT2D eigenvalue weighted by atomic mass is 10.1. The molecule has 3 unspecified atom stereocenters. The molecule has 0 amide bonds. The zero-order valence-corrected chi connectivity index (χ0v) is 12.8. The molecule has 1 aromatic carbocycles. The second-order valence-electron chi connectivity index (χ2n) is 5.04. The lowest BCUT2D eigenvalue weighted by Gasteiger charge is -2.38. The number of hydrogen-bond acceptors (Lipinski definition) is 4. The van der Waals surface area contributed by atoms with Gasteiger partial charge in [-0.1, -0.05) is 15.9 Å². The van der Waals surface area contributed by atoms with Gasteiger partial charge < -0.3 is 19.8 Å². The third-order valence-electron chi connectivity index (χ3n) is 3.31. The Morgan fingerprint density at radius 3 is 2.84 bits per heavy atom. The SMILES string of the molecule is CC1CN(c2ccc(Br)cc2C(C)O)CC(CO)O1. The molecule has 0 aliphatic carbocycles. The van der Waals surface area contributed by atoms with Gasteiger partial charge in [0.2, 0.25) is 0 Å². The predicted octanol–water partition coefficient (Wildman–Crippen LogP) is 2.09. The highest BCUT2D eigenvalue weighted by molar-refractivity contribution is 9.10. The topological polar surface area (TPSA) is 52.9 Å². The van der Waals surface area contributed by atoms with Gasteiger partial charge in [0.1, 0.15) is 0 Å². The molecule has 1 saturated heterocycles. The first-order chi connectivity index (χ1) is 9.01. The van der Waals surface area contributed by atoms with Crippen LogP contribution in [-0.4, -0.2) is 42.1 Å². The molecule has 2 rings (SSSR count). The highest BCUT2D eigenvalue weighted by Crippen LogP contribution is 2.31. The van der Waals surface area contributed by atoms with Crippen LogP contribution in [0.2, 0.25) is 0 Å². The number of halogens is 1. The summed E-state index contributed by atoms with van der Waals surface area (Å²) in [5.41, 5.74) is 1.90. The lowest BCUT2D eigenvalue weighted by molar-refractivity contribution is -0.0422. The van der Waals surface area contributed by atoms with Gasteiger partial charge in [0.05, 0.1) is 24.9 Å². The van der Waals surface area contributed by atoms with Gasteiger partial charge in [-0.25, -0.2) is 0 Å². The minimum Gasteiger partial charge on any atom is -0.394 e. The van der Waals surface area contributed by atoms with Crippen LogP contribution in [0, 0.1) is 0 Å². The number of anilines is 1. The molecule has 1 aliphatic rings. The molecule has 1 fully saturated rings. The number of morpholine rings is 1. The fourth-order valence-corrected chi connectivity index (χ4v) is 2.87. The van der Waals surface area contributed by atoms with E-state index in [9.17, 15) is 10.2 Å². The third kappa shape index (κ3) is 3.48. The molecule has 2 N–H and O–H groups in total. The van der Waals surface area contributed by atoms with Crippen molar-refractivity contribution in [2.45, 2.75) is 32.2 Å². The normalized spacial score (nSPS) is 25.4. The Hall–Kier alpha value is -0.620. The predicted molar refractivity (Wildman–Crippen MR) is 78.4 cm³/mol. The van der Waals surface area contributed by atoms with Crippen molar-refractivity contribution in [2.75, 3.05) is 24.6 Å². The fraction of sp³-hybridized carbons (Fsp3) is 0.571. The van der Waals surface area contributed by atoms with Crippen molar-refractivity contribution in [3.05, 3.63) is 28.2 Å². The Kier molecular flexibility index (Phi) is 4.84. The van der Waals surface area contributed by atoms with Crippen LogP contribution in [0.1, 0.15) is 25.5 Å². The Balaban J connectivity index is 2.30. The fourth-order valence-electron chi connectivity index (χ4n) is 2.49. The Morgan fingerprint density at radius 1 is 1.47 bits per heavy atom. The quantitative estimate of drug-likeness (QED) is 0.891. The summed E-state index contributed by atoms with van der Waals surface area (Å²) in [4.78, 5) is 2.17. The van der Waals surface area contributed by atoms with Gasteiger partial charge >= 0.3 is 0 Å². The van der Waals surface area contributed by atoms with Gasteiger partial charge in [-0.3, -0.25) is 0 Å². The number of nitrogens with zero attached hydrogens (tertiary/aromatic N) is 1. The van der Waals surface area contributed by atoms with Crippen molar-refractivity contribution in [3.8, 4) is 0 Å². The van der Waals surface area contributed by atoms with Crippen molar-refractivity contribution >= 4 is 21.6 Å². The van der Waals surface area contributed by atoms with Gasteiger partial charge in [0.15, 0.2) is 0 Å². The summed E-state index contributed by atoms with van der Waals surface area (Å²) in [7, 11) is 0. The number of ether oxygens (including phenoxy) is 1. The van der Waals surface area contributed by atoms with E-state index in [0.717, 1.165) is 22.3 Å². The standard InChI is InChI=1S/C14H20BrNO3/c1-9-6-16(7-12(8-17)19-9)14-4-3-11(15)5-13(14)10(2)18/h3-5,9-10,12,17-18H,6-8H2,1-2H3. The summed E-state index contributed by atoms with van der Waals surface area (Å²) in [6, 6.07) is 5.90. The van der Waals surface area contributed by atoms with Crippen LogP contribution < -0.4 is 4.90 Å². The molecule has 0 spiro atoms. The average molecular weight is 330 g/mol. The van der Waals surface area contributed by atoms with E-state index in [4.69, 9.17) is 4.74 Å². The van der Waals surface area contributed by atoms with Crippen LogP contribution in [0.4, 0.5) is 5.69 Å². The number of aliphatic hydroxyl groups is 2. The van der Waals surface area contributed by atoms with Crippen LogP contribution in [0.5, 0.6) is 0 Å². The first-order valence-corrected chi connectivity index (χ1v) is 7.29. The van der Waals surface area contributed by atoms with E-state index in [0.29, 0.717) is 6.54 Å².